The molecule has 0 radical (unpaired) electrons. The number of nitriles is 1. The van der Waals surface area contributed by atoms with E-state index in [2.05, 4.69) is 23.1 Å². The van der Waals surface area contributed by atoms with E-state index in [9.17, 15) is 0 Å². The van der Waals surface area contributed by atoms with Gasteiger partial charge in [0.25, 0.3) is 0 Å². The number of nitrogens with zero attached hydrogens (tertiary/aromatic N) is 1. The van der Waals surface area contributed by atoms with Gasteiger partial charge in [-0.15, -0.1) is 0 Å². The number of nitrogens with one attached hydrogen (secondary N) is 1. The first kappa shape index (κ1) is 12.5. The molecule has 0 spiro atoms. The summed E-state index contributed by atoms with van der Waals surface area (Å²) in [5.74, 6) is 3.50. The molecule has 1 heterocycles. The monoisotopic (exact) mass is 246 g/mol. The van der Waals surface area contributed by atoms with Gasteiger partial charge in [0.2, 0.25) is 0 Å². The average molecular weight is 246 g/mol. The van der Waals surface area contributed by atoms with Crippen molar-refractivity contribution in [1.82, 2.24) is 5.32 Å². The number of thioether (sulfide) groups is 1. The Morgan fingerprint density at radius 2 is 1.94 bits per heavy atom. The first-order valence-corrected chi connectivity index (χ1v) is 7.31. The maximum Gasteiger partial charge on any atom is 0.0991 e. The van der Waals surface area contributed by atoms with Gasteiger partial charge in [0, 0.05) is 6.54 Å². The van der Waals surface area contributed by atoms with E-state index >= 15 is 0 Å². The number of hydrogen-bond acceptors (Lipinski definition) is 3. The fourth-order valence-electron chi connectivity index (χ4n) is 2.07. The summed E-state index contributed by atoms with van der Waals surface area (Å²) in [7, 11) is 0. The fourth-order valence-corrected chi connectivity index (χ4v) is 3.27. The largest absolute Gasteiger partial charge is 0.312 e. The second kappa shape index (κ2) is 6.68. The predicted molar refractivity (Wildman–Crippen MR) is 72.9 cm³/mol. The SMILES string of the molecule is N#Cc1ccc(CNCC2CCSCC2)cc1. The van der Waals surface area contributed by atoms with Crippen LogP contribution >= 0.6 is 11.8 Å². The zero-order valence-corrected chi connectivity index (χ0v) is 10.8. The second-order valence-corrected chi connectivity index (χ2v) is 5.72. The molecule has 1 aromatic carbocycles. The summed E-state index contributed by atoms with van der Waals surface area (Å²) < 4.78 is 0. The summed E-state index contributed by atoms with van der Waals surface area (Å²) in [5.41, 5.74) is 1.99. The smallest absolute Gasteiger partial charge is 0.0991 e. The average Bonchev–Trinajstić information content (AvgIpc) is 2.41. The van der Waals surface area contributed by atoms with Crippen molar-refractivity contribution in [3.63, 3.8) is 0 Å². The highest BCUT2D eigenvalue weighted by molar-refractivity contribution is 7.99. The minimum Gasteiger partial charge on any atom is -0.312 e. The first-order chi connectivity index (χ1) is 8.38. The lowest BCUT2D eigenvalue weighted by Gasteiger charge is -2.21. The lowest BCUT2D eigenvalue weighted by atomic mass is 10.0. The Labute approximate surface area is 107 Å². The van der Waals surface area contributed by atoms with Gasteiger partial charge in [0.05, 0.1) is 11.6 Å². The van der Waals surface area contributed by atoms with Crippen LogP contribution in [0.1, 0.15) is 24.0 Å². The van der Waals surface area contributed by atoms with Gasteiger partial charge in [-0.1, -0.05) is 12.1 Å². The molecule has 17 heavy (non-hydrogen) atoms. The molecule has 0 unspecified atom stereocenters. The minimum atomic E-state index is 0.734. The van der Waals surface area contributed by atoms with E-state index in [1.54, 1.807) is 0 Å². The highest BCUT2D eigenvalue weighted by Gasteiger charge is 2.12. The molecule has 1 aromatic rings. The molecule has 0 saturated carbocycles. The standard InChI is InChI=1S/C14H18N2S/c15-9-12-1-3-13(4-2-12)10-16-11-14-5-7-17-8-6-14/h1-4,14,16H,5-8,10-11H2. The van der Waals surface area contributed by atoms with E-state index in [1.165, 1.54) is 29.9 Å². The van der Waals surface area contributed by atoms with Crippen LogP contribution < -0.4 is 5.32 Å². The van der Waals surface area contributed by atoms with Crippen LogP contribution in [-0.2, 0) is 6.54 Å². The van der Waals surface area contributed by atoms with Gasteiger partial charge in [-0.25, -0.2) is 0 Å². The molecule has 90 valence electrons. The third-order valence-electron chi connectivity index (χ3n) is 3.19. The van der Waals surface area contributed by atoms with E-state index in [1.807, 2.05) is 24.3 Å². The molecule has 0 aliphatic carbocycles. The zero-order chi connectivity index (χ0) is 11.9. The summed E-state index contributed by atoms with van der Waals surface area (Å²) in [5, 5.41) is 12.2. The van der Waals surface area contributed by atoms with Crippen molar-refractivity contribution in [2.75, 3.05) is 18.1 Å². The summed E-state index contributed by atoms with van der Waals surface area (Å²) in [6.07, 6.45) is 2.70. The van der Waals surface area contributed by atoms with E-state index in [-0.39, 0.29) is 0 Å². The number of hydrogen-bond donors (Lipinski definition) is 1. The summed E-state index contributed by atoms with van der Waals surface area (Å²) in [6.45, 7) is 2.04. The van der Waals surface area contributed by atoms with E-state index in [0.29, 0.717) is 0 Å². The van der Waals surface area contributed by atoms with E-state index < -0.39 is 0 Å². The molecule has 0 atom stereocenters. The Balaban J connectivity index is 1.72. The lowest BCUT2D eigenvalue weighted by Crippen LogP contribution is -2.25. The molecule has 1 aliphatic rings. The molecule has 1 saturated heterocycles. The predicted octanol–water partition coefficient (Wildman–Crippen LogP) is 2.79. The molecular formula is C14H18N2S. The molecular weight excluding hydrogens is 228 g/mol. The third-order valence-corrected chi connectivity index (χ3v) is 4.23. The zero-order valence-electron chi connectivity index (χ0n) is 9.98. The molecule has 1 aliphatic heterocycles. The Kier molecular flexibility index (Phi) is 4.90. The maximum atomic E-state index is 8.71. The molecule has 0 bridgehead atoms. The van der Waals surface area contributed by atoms with Gasteiger partial charge in [0.15, 0.2) is 0 Å². The topological polar surface area (TPSA) is 35.8 Å². The van der Waals surface area contributed by atoms with Crippen LogP contribution in [0, 0.1) is 17.2 Å². The molecule has 3 heteroatoms. The highest BCUT2D eigenvalue weighted by Crippen LogP contribution is 2.21. The molecule has 0 amide bonds. The van der Waals surface area contributed by atoms with Crippen LogP contribution in [0.15, 0.2) is 24.3 Å². The van der Waals surface area contributed by atoms with Gasteiger partial charge in [0.1, 0.15) is 0 Å². The van der Waals surface area contributed by atoms with Crippen LogP contribution in [0.25, 0.3) is 0 Å². The molecule has 0 aromatic heterocycles. The Morgan fingerprint density at radius 1 is 1.24 bits per heavy atom. The van der Waals surface area contributed by atoms with Crippen molar-refractivity contribution >= 4 is 11.8 Å². The fraction of sp³-hybridized carbons (Fsp3) is 0.500. The summed E-state index contributed by atoms with van der Waals surface area (Å²) in [4.78, 5) is 0. The maximum absolute atomic E-state index is 8.71. The van der Waals surface area contributed by atoms with E-state index in [4.69, 9.17) is 5.26 Å². The summed E-state index contributed by atoms with van der Waals surface area (Å²) in [6, 6.07) is 9.97. The van der Waals surface area contributed by atoms with Gasteiger partial charge in [-0.3, -0.25) is 0 Å². The third kappa shape index (κ3) is 4.07. The first-order valence-electron chi connectivity index (χ1n) is 6.16. The van der Waals surface area contributed by atoms with Crippen LogP contribution in [0.5, 0.6) is 0 Å². The second-order valence-electron chi connectivity index (χ2n) is 4.50. The Hall–Kier alpha value is -0.980. The number of benzene rings is 1. The van der Waals surface area contributed by atoms with Gasteiger partial charge in [-0.05, 0) is 54.5 Å². The van der Waals surface area contributed by atoms with Gasteiger partial charge in [-0.2, -0.15) is 17.0 Å². The van der Waals surface area contributed by atoms with Crippen LogP contribution in [0.3, 0.4) is 0 Å². The van der Waals surface area contributed by atoms with Crippen molar-refractivity contribution in [3.8, 4) is 6.07 Å². The van der Waals surface area contributed by atoms with Crippen molar-refractivity contribution in [2.45, 2.75) is 19.4 Å². The Bertz CT molecular complexity index is 374. The van der Waals surface area contributed by atoms with Gasteiger partial charge < -0.3 is 5.32 Å². The van der Waals surface area contributed by atoms with E-state index in [0.717, 1.165) is 24.6 Å². The normalized spacial score (nSPS) is 16.6. The lowest BCUT2D eigenvalue weighted by molar-refractivity contribution is 0.447. The molecule has 1 N–H and O–H groups in total. The molecule has 1 fully saturated rings. The Morgan fingerprint density at radius 3 is 2.59 bits per heavy atom. The highest BCUT2D eigenvalue weighted by atomic mass is 32.2. The summed E-state index contributed by atoms with van der Waals surface area (Å²) >= 11 is 2.07. The van der Waals surface area contributed by atoms with Crippen molar-refractivity contribution in [1.29, 1.82) is 5.26 Å². The quantitative estimate of drug-likeness (QED) is 0.887. The molecule has 2 rings (SSSR count). The molecule has 2 nitrogen and oxygen atoms in total. The van der Waals surface area contributed by atoms with Crippen LogP contribution in [0.4, 0.5) is 0 Å². The van der Waals surface area contributed by atoms with Crippen molar-refractivity contribution in [2.24, 2.45) is 5.92 Å². The van der Waals surface area contributed by atoms with Crippen molar-refractivity contribution in [3.05, 3.63) is 35.4 Å². The van der Waals surface area contributed by atoms with Crippen LogP contribution in [0.2, 0.25) is 0 Å². The minimum absolute atomic E-state index is 0.734. The number of rotatable bonds is 4. The van der Waals surface area contributed by atoms with Gasteiger partial charge >= 0.3 is 0 Å². The van der Waals surface area contributed by atoms with Crippen LogP contribution in [-0.4, -0.2) is 18.1 Å². The van der Waals surface area contributed by atoms with Crippen molar-refractivity contribution < 1.29 is 0 Å².